The van der Waals surface area contributed by atoms with E-state index in [0.717, 1.165) is 11.3 Å². The van der Waals surface area contributed by atoms with Crippen LogP contribution in [0.5, 0.6) is 11.5 Å². The minimum atomic E-state index is -1.70. The maximum absolute atomic E-state index is 14.3. The molecule has 2 aliphatic rings. The fraction of sp³-hybridized carbons (Fsp3) is 0.207. The molecule has 0 aliphatic carbocycles. The van der Waals surface area contributed by atoms with Crippen molar-refractivity contribution in [2.75, 3.05) is 19.1 Å². The number of fused-ring (bicyclic) bond motifs is 3. The average Bonchev–Trinajstić information content (AvgIpc) is 3.24. The molecule has 0 aromatic heterocycles. The van der Waals surface area contributed by atoms with E-state index in [2.05, 4.69) is 6.07 Å². The number of amides is 1. The highest BCUT2D eigenvalue weighted by Gasteiger charge is 2.65. The number of nitrogens with two attached hydrogens (primary N) is 1. The van der Waals surface area contributed by atoms with E-state index in [9.17, 15) is 14.9 Å². The van der Waals surface area contributed by atoms with Crippen molar-refractivity contribution in [2.24, 2.45) is 11.1 Å². The Morgan fingerprint density at radius 2 is 1.69 bits per heavy atom. The molecule has 3 aromatic carbocycles. The van der Waals surface area contributed by atoms with Gasteiger partial charge in [-0.3, -0.25) is 9.59 Å². The Bertz CT molecular complexity index is 1410. The largest absolute Gasteiger partial charge is 0.497 e. The Kier molecular flexibility index (Phi) is 5.73. The maximum atomic E-state index is 14.3. The Hall–Kier alpha value is -4.57. The Morgan fingerprint density at radius 1 is 0.972 bits per heavy atom. The van der Waals surface area contributed by atoms with Gasteiger partial charge in [0.05, 0.1) is 26.3 Å². The zero-order valence-corrected chi connectivity index (χ0v) is 19.9. The molecule has 7 heteroatoms. The van der Waals surface area contributed by atoms with E-state index in [1.54, 1.807) is 55.6 Å². The molecule has 5 rings (SSSR count). The minimum Gasteiger partial charge on any atom is -0.497 e. The summed E-state index contributed by atoms with van der Waals surface area (Å²) in [6, 6.07) is 22.3. The quantitative estimate of drug-likeness (QED) is 0.537. The van der Waals surface area contributed by atoms with Gasteiger partial charge in [0.25, 0.3) is 0 Å². The molecule has 0 saturated carbocycles. The van der Waals surface area contributed by atoms with Crippen molar-refractivity contribution in [3.8, 4) is 17.6 Å². The summed E-state index contributed by atoms with van der Waals surface area (Å²) in [5.41, 5.74) is 7.05. The smallest absolute Gasteiger partial charge is 0.241 e. The summed E-state index contributed by atoms with van der Waals surface area (Å²) in [5, 5.41) is 10.6. The number of hydrogen-bond donors (Lipinski definition) is 1. The molecule has 1 saturated heterocycles. The van der Waals surface area contributed by atoms with Gasteiger partial charge in [0.15, 0.2) is 11.2 Å². The first kappa shape index (κ1) is 23.2. The van der Waals surface area contributed by atoms with Crippen molar-refractivity contribution < 1.29 is 19.1 Å². The van der Waals surface area contributed by atoms with Gasteiger partial charge in [-0.2, -0.15) is 5.26 Å². The van der Waals surface area contributed by atoms with Crippen LogP contribution in [0.4, 0.5) is 5.69 Å². The lowest BCUT2D eigenvalue weighted by molar-refractivity contribution is -0.125. The van der Waals surface area contributed by atoms with Crippen LogP contribution in [0.3, 0.4) is 0 Å². The average molecular weight is 480 g/mol. The number of Topliss-reactive ketones (excluding diaryl/α,β-unsaturated/α-hetero) is 1. The molecule has 2 N–H and O–H groups in total. The molecule has 0 bridgehead atoms. The molecule has 4 unspecified atom stereocenters. The van der Waals surface area contributed by atoms with Crippen molar-refractivity contribution in [3.63, 3.8) is 0 Å². The number of ether oxygens (including phenoxy) is 2. The predicted molar refractivity (Wildman–Crippen MR) is 136 cm³/mol. The summed E-state index contributed by atoms with van der Waals surface area (Å²) in [5.74, 6) is -0.687. The number of carbonyl (C=O) groups is 2. The van der Waals surface area contributed by atoms with Crippen molar-refractivity contribution in [2.45, 2.75) is 18.0 Å². The summed E-state index contributed by atoms with van der Waals surface area (Å²) >= 11 is 0. The first-order chi connectivity index (χ1) is 17.5. The summed E-state index contributed by atoms with van der Waals surface area (Å²) in [4.78, 5) is 29.4. The van der Waals surface area contributed by atoms with E-state index < -0.39 is 29.3 Å². The third-order valence-electron chi connectivity index (χ3n) is 7.24. The number of para-hydroxylation sites is 1. The van der Waals surface area contributed by atoms with Gasteiger partial charge in [0, 0.05) is 17.2 Å². The molecule has 1 amide bonds. The molecule has 2 aliphatic heterocycles. The molecule has 0 spiro atoms. The van der Waals surface area contributed by atoms with Crippen molar-refractivity contribution in [1.82, 2.24) is 0 Å². The fourth-order valence-corrected chi connectivity index (χ4v) is 5.56. The number of methoxy groups -OCH3 is 2. The van der Waals surface area contributed by atoms with E-state index in [0.29, 0.717) is 22.6 Å². The highest BCUT2D eigenvalue weighted by atomic mass is 16.5. The third kappa shape index (κ3) is 3.34. The second-order valence-corrected chi connectivity index (χ2v) is 8.91. The number of rotatable bonds is 6. The molecule has 180 valence electrons. The van der Waals surface area contributed by atoms with Crippen LogP contribution in [0.1, 0.15) is 27.4 Å². The molecule has 3 aromatic rings. The standard InChI is InChI=1S/C29H25N3O4/c1-35-21-13-10-19(11-14-21)25-26(27(33)20-7-5-8-22(16-20)36-2)32-23-9-4-3-6-18(23)12-15-24(32)29(25,17-30)28(31)34/h3-16,24-26H,1-2H3,(H2,31,34). The molecular weight excluding hydrogens is 454 g/mol. The second kappa shape index (κ2) is 8.90. The number of nitrogens with zero attached hydrogens (tertiary/aromatic N) is 2. The van der Waals surface area contributed by atoms with Crippen LogP contribution in [0.15, 0.2) is 78.9 Å². The molecule has 36 heavy (non-hydrogen) atoms. The summed E-state index contributed by atoms with van der Waals surface area (Å²) in [6.45, 7) is 0. The minimum absolute atomic E-state index is 0.233. The summed E-state index contributed by atoms with van der Waals surface area (Å²) in [6.07, 6.45) is 3.70. The van der Waals surface area contributed by atoms with Gasteiger partial charge >= 0.3 is 0 Å². The van der Waals surface area contributed by atoms with Crippen molar-refractivity contribution >= 4 is 23.5 Å². The van der Waals surface area contributed by atoms with Gasteiger partial charge in [-0.05, 0) is 41.5 Å². The van der Waals surface area contributed by atoms with Crippen LogP contribution in [0, 0.1) is 16.7 Å². The lowest BCUT2D eigenvalue weighted by Gasteiger charge is -2.36. The number of primary amides is 1. The molecule has 2 heterocycles. The monoisotopic (exact) mass is 479 g/mol. The van der Waals surface area contributed by atoms with Gasteiger partial charge < -0.3 is 20.1 Å². The number of carbonyl (C=O) groups excluding carboxylic acids is 2. The van der Waals surface area contributed by atoms with Crippen LogP contribution in [0.25, 0.3) is 6.08 Å². The normalized spacial score (nSPS) is 23.8. The summed E-state index contributed by atoms with van der Waals surface area (Å²) in [7, 11) is 3.10. The first-order valence-corrected chi connectivity index (χ1v) is 11.5. The number of anilines is 1. The summed E-state index contributed by atoms with van der Waals surface area (Å²) < 4.78 is 10.7. The fourth-order valence-electron chi connectivity index (χ4n) is 5.56. The molecular formula is C29H25N3O4. The van der Waals surface area contributed by atoms with Crippen LogP contribution in [0.2, 0.25) is 0 Å². The zero-order chi connectivity index (χ0) is 25.4. The molecule has 7 nitrogen and oxygen atoms in total. The zero-order valence-electron chi connectivity index (χ0n) is 19.9. The Labute approximate surface area is 209 Å². The SMILES string of the molecule is COc1ccc(C2C(C(=O)c3cccc(OC)c3)N3c4ccccc4C=CC3C2(C#N)C(N)=O)cc1. The lowest BCUT2D eigenvalue weighted by Crippen LogP contribution is -2.49. The number of nitriles is 1. The molecule has 4 atom stereocenters. The van der Waals surface area contributed by atoms with Gasteiger partial charge in [-0.15, -0.1) is 0 Å². The van der Waals surface area contributed by atoms with E-state index in [1.807, 2.05) is 41.3 Å². The van der Waals surface area contributed by atoms with Crippen LogP contribution in [-0.2, 0) is 4.79 Å². The van der Waals surface area contributed by atoms with Crippen molar-refractivity contribution in [1.29, 1.82) is 5.26 Å². The lowest BCUT2D eigenvalue weighted by atomic mass is 9.67. The predicted octanol–water partition coefficient (Wildman–Crippen LogP) is 3.95. The van der Waals surface area contributed by atoms with E-state index in [4.69, 9.17) is 15.2 Å². The first-order valence-electron chi connectivity index (χ1n) is 11.5. The number of ketones is 1. The number of hydrogen-bond acceptors (Lipinski definition) is 6. The third-order valence-corrected chi connectivity index (χ3v) is 7.24. The number of benzene rings is 3. The van der Waals surface area contributed by atoms with Gasteiger partial charge in [0.2, 0.25) is 5.91 Å². The van der Waals surface area contributed by atoms with Crippen LogP contribution < -0.4 is 20.1 Å². The molecule has 1 fully saturated rings. The Morgan fingerprint density at radius 3 is 2.36 bits per heavy atom. The van der Waals surface area contributed by atoms with Gasteiger partial charge in [0.1, 0.15) is 17.5 Å². The Balaban J connectivity index is 1.78. The van der Waals surface area contributed by atoms with Gasteiger partial charge in [-0.25, -0.2) is 0 Å². The highest BCUT2D eigenvalue weighted by molar-refractivity contribution is 6.06. The van der Waals surface area contributed by atoms with Crippen LogP contribution in [-0.4, -0.2) is 38.0 Å². The maximum Gasteiger partial charge on any atom is 0.241 e. The van der Waals surface area contributed by atoms with Crippen LogP contribution >= 0.6 is 0 Å². The second-order valence-electron chi connectivity index (χ2n) is 8.91. The van der Waals surface area contributed by atoms with Gasteiger partial charge in [-0.1, -0.05) is 54.6 Å². The highest BCUT2D eigenvalue weighted by Crippen LogP contribution is 2.55. The molecule has 0 radical (unpaired) electrons. The van der Waals surface area contributed by atoms with E-state index >= 15 is 0 Å². The van der Waals surface area contributed by atoms with Crippen molar-refractivity contribution in [3.05, 3.63) is 95.6 Å². The van der Waals surface area contributed by atoms with E-state index in [-0.39, 0.29) is 5.78 Å². The topological polar surface area (TPSA) is 106 Å². The van der Waals surface area contributed by atoms with E-state index in [1.165, 1.54) is 7.11 Å².